The van der Waals surface area contributed by atoms with Crippen molar-refractivity contribution in [3.63, 3.8) is 0 Å². The maximum atomic E-state index is 11.6. The molecule has 0 saturated carbocycles. The molecule has 3 N–H and O–H groups in total. The monoisotopic (exact) mass is 237 g/mol. The van der Waals surface area contributed by atoms with Gasteiger partial charge in [-0.1, -0.05) is 0 Å². The fourth-order valence-electron chi connectivity index (χ4n) is 1.58. The van der Waals surface area contributed by atoms with E-state index >= 15 is 0 Å². The molecule has 1 rings (SSSR count). The fourth-order valence-corrected chi connectivity index (χ4v) is 2.46. The zero-order chi connectivity index (χ0) is 11.5. The summed E-state index contributed by atoms with van der Waals surface area (Å²) in [6.07, 6.45) is 1.67. The standard InChI is InChI=1S/C8H19N3O3S/c1-11(2)15(13,14)10-7-4-3-5-9-8(7)6-12/h7-10,12H,3-6H2,1-2H3. The minimum absolute atomic E-state index is 0.0549. The largest absolute Gasteiger partial charge is 0.395 e. The molecule has 0 spiro atoms. The Hall–Kier alpha value is -0.210. The minimum Gasteiger partial charge on any atom is -0.395 e. The molecule has 0 aromatic heterocycles. The van der Waals surface area contributed by atoms with Crippen LogP contribution in [0.2, 0.25) is 0 Å². The van der Waals surface area contributed by atoms with E-state index in [0.717, 1.165) is 23.7 Å². The predicted octanol–water partition coefficient (Wildman–Crippen LogP) is -1.50. The molecule has 0 aromatic rings. The zero-order valence-electron chi connectivity index (χ0n) is 9.10. The van der Waals surface area contributed by atoms with Crippen molar-refractivity contribution in [3.05, 3.63) is 0 Å². The van der Waals surface area contributed by atoms with Gasteiger partial charge in [0.1, 0.15) is 0 Å². The molecular formula is C8H19N3O3S. The first-order valence-electron chi connectivity index (χ1n) is 5.01. The van der Waals surface area contributed by atoms with Gasteiger partial charge in [0.25, 0.3) is 10.2 Å². The number of nitrogens with one attached hydrogen (secondary N) is 2. The molecule has 2 unspecified atom stereocenters. The lowest BCUT2D eigenvalue weighted by Crippen LogP contribution is -2.56. The lowest BCUT2D eigenvalue weighted by Gasteiger charge is -2.32. The Bertz CT molecular complexity index is 292. The Morgan fingerprint density at radius 1 is 1.53 bits per heavy atom. The van der Waals surface area contributed by atoms with Crippen LogP contribution in [0.25, 0.3) is 0 Å². The van der Waals surface area contributed by atoms with E-state index in [2.05, 4.69) is 10.0 Å². The van der Waals surface area contributed by atoms with Gasteiger partial charge in [-0.3, -0.25) is 0 Å². The highest BCUT2D eigenvalue weighted by atomic mass is 32.2. The number of hydrogen-bond donors (Lipinski definition) is 3. The van der Waals surface area contributed by atoms with E-state index in [9.17, 15) is 8.42 Å². The van der Waals surface area contributed by atoms with Gasteiger partial charge in [-0.2, -0.15) is 17.4 Å². The molecule has 7 heteroatoms. The van der Waals surface area contributed by atoms with Crippen LogP contribution in [0, 0.1) is 0 Å². The van der Waals surface area contributed by atoms with Crippen LogP contribution in [0.5, 0.6) is 0 Å². The number of hydrogen-bond acceptors (Lipinski definition) is 4. The Morgan fingerprint density at radius 2 is 2.20 bits per heavy atom. The summed E-state index contributed by atoms with van der Waals surface area (Å²) in [6, 6.07) is -0.412. The minimum atomic E-state index is -3.41. The molecule has 1 saturated heterocycles. The highest BCUT2D eigenvalue weighted by Gasteiger charge is 2.28. The van der Waals surface area contributed by atoms with Crippen LogP contribution >= 0.6 is 0 Å². The van der Waals surface area contributed by atoms with Crippen LogP contribution in [-0.4, -0.2) is 57.2 Å². The fraction of sp³-hybridized carbons (Fsp3) is 1.00. The smallest absolute Gasteiger partial charge is 0.279 e. The van der Waals surface area contributed by atoms with Gasteiger partial charge >= 0.3 is 0 Å². The number of rotatable bonds is 4. The maximum absolute atomic E-state index is 11.6. The molecule has 6 nitrogen and oxygen atoms in total. The molecule has 1 heterocycles. The zero-order valence-corrected chi connectivity index (χ0v) is 9.92. The van der Waals surface area contributed by atoms with E-state index in [0.29, 0.717) is 0 Å². The molecule has 90 valence electrons. The van der Waals surface area contributed by atoms with Crippen molar-refractivity contribution in [1.82, 2.24) is 14.3 Å². The normalized spacial score (nSPS) is 28.3. The number of piperidine rings is 1. The summed E-state index contributed by atoms with van der Waals surface area (Å²) in [6.45, 7) is 0.770. The second-order valence-electron chi connectivity index (χ2n) is 3.90. The lowest BCUT2D eigenvalue weighted by atomic mass is 10.0. The van der Waals surface area contributed by atoms with E-state index in [-0.39, 0.29) is 18.7 Å². The second-order valence-corrected chi connectivity index (χ2v) is 5.81. The topological polar surface area (TPSA) is 81.7 Å². The van der Waals surface area contributed by atoms with Crippen molar-refractivity contribution in [2.75, 3.05) is 27.2 Å². The van der Waals surface area contributed by atoms with Crippen LogP contribution in [0.1, 0.15) is 12.8 Å². The van der Waals surface area contributed by atoms with Crippen molar-refractivity contribution in [3.8, 4) is 0 Å². The van der Waals surface area contributed by atoms with E-state index in [1.165, 1.54) is 14.1 Å². The third-order valence-corrected chi connectivity index (χ3v) is 4.12. The Labute approximate surface area is 90.8 Å². The number of aliphatic hydroxyl groups excluding tert-OH is 1. The molecule has 1 aliphatic rings. The molecular weight excluding hydrogens is 218 g/mol. The number of nitrogens with zero attached hydrogens (tertiary/aromatic N) is 1. The molecule has 1 fully saturated rings. The van der Waals surface area contributed by atoms with Crippen LogP contribution in [0.4, 0.5) is 0 Å². The number of aliphatic hydroxyl groups is 1. The molecule has 2 atom stereocenters. The van der Waals surface area contributed by atoms with Crippen molar-refractivity contribution in [1.29, 1.82) is 0 Å². The molecule has 1 aliphatic heterocycles. The van der Waals surface area contributed by atoms with Gasteiger partial charge in [0.05, 0.1) is 6.61 Å². The average molecular weight is 237 g/mol. The summed E-state index contributed by atoms with van der Waals surface area (Å²) in [5, 5.41) is 12.2. The SMILES string of the molecule is CN(C)S(=O)(=O)NC1CCCNC1CO. The van der Waals surface area contributed by atoms with Crippen molar-refractivity contribution < 1.29 is 13.5 Å². The highest BCUT2D eigenvalue weighted by Crippen LogP contribution is 2.10. The summed E-state index contributed by atoms with van der Waals surface area (Å²) < 4.78 is 26.8. The molecule has 0 radical (unpaired) electrons. The van der Waals surface area contributed by atoms with Crippen molar-refractivity contribution >= 4 is 10.2 Å². The third-order valence-electron chi connectivity index (χ3n) is 2.56. The van der Waals surface area contributed by atoms with E-state index < -0.39 is 10.2 Å². The van der Waals surface area contributed by atoms with E-state index in [1.807, 2.05) is 0 Å². The van der Waals surface area contributed by atoms with Crippen LogP contribution in [0.15, 0.2) is 0 Å². The predicted molar refractivity (Wildman–Crippen MR) is 57.6 cm³/mol. The molecule has 15 heavy (non-hydrogen) atoms. The van der Waals surface area contributed by atoms with Gasteiger partial charge in [0.2, 0.25) is 0 Å². The highest BCUT2D eigenvalue weighted by molar-refractivity contribution is 7.87. The quantitative estimate of drug-likeness (QED) is 0.555. The van der Waals surface area contributed by atoms with Gasteiger partial charge in [0.15, 0.2) is 0 Å². The van der Waals surface area contributed by atoms with Crippen molar-refractivity contribution in [2.45, 2.75) is 24.9 Å². The van der Waals surface area contributed by atoms with Crippen LogP contribution in [-0.2, 0) is 10.2 Å². The third kappa shape index (κ3) is 3.39. The van der Waals surface area contributed by atoms with Gasteiger partial charge in [-0.15, -0.1) is 0 Å². The maximum Gasteiger partial charge on any atom is 0.279 e. The average Bonchev–Trinajstić information content (AvgIpc) is 2.18. The first-order valence-corrected chi connectivity index (χ1v) is 6.45. The van der Waals surface area contributed by atoms with Gasteiger partial charge in [0, 0.05) is 26.2 Å². The molecule has 0 amide bonds. The van der Waals surface area contributed by atoms with E-state index in [1.54, 1.807) is 0 Å². The summed E-state index contributed by atoms with van der Waals surface area (Å²) >= 11 is 0. The van der Waals surface area contributed by atoms with Crippen molar-refractivity contribution in [2.24, 2.45) is 0 Å². The van der Waals surface area contributed by atoms with Gasteiger partial charge in [-0.25, -0.2) is 0 Å². The second kappa shape index (κ2) is 5.22. The summed E-state index contributed by atoms with van der Waals surface area (Å²) in [7, 11) is -0.451. The lowest BCUT2D eigenvalue weighted by molar-refractivity contribution is 0.196. The summed E-state index contributed by atoms with van der Waals surface area (Å²) in [4.78, 5) is 0. The summed E-state index contributed by atoms with van der Waals surface area (Å²) in [5.41, 5.74) is 0. The Kier molecular flexibility index (Phi) is 4.47. The Balaban J connectivity index is 2.63. The van der Waals surface area contributed by atoms with Gasteiger partial charge in [-0.05, 0) is 19.4 Å². The first kappa shape index (κ1) is 12.9. The van der Waals surface area contributed by atoms with E-state index in [4.69, 9.17) is 5.11 Å². The summed E-state index contributed by atoms with van der Waals surface area (Å²) in [5.74, 6) is 0. The Morgan fingerprint density at radius 3 is 2.73 bits per heavy atom. The van der Waals surface area contributed by atoms with Gasteiger partial charge < -0.3 is 10.4 Å². The molecule has 0 aliphatic carbocycles. The van der Waals surface area contributed by atoms with Crippen LogP contribution in [0.3, 0.4) is 0 Å². The molecule has 0 aromatic carbocycles. The first-order chi connectivity index (χ1) is 6.97. The van der Waals surface area contributed by atoms with Crippen LogP contribution < -0.4 is 10.0 Å². The molecule has 0 bridgehead atoms.